The zero-order valence-corrected chi connectivity index (χ0v) is 18.2. The van der Waals surface area contributed by atoms with Gasteiger partial charge in [-0.25, -0.2) is 9.07 Å². The molecule has 5 nitrogen and oxygen atoms in total. The lowest BCUT2D eigenvalue weighted by Gasteiger charge is -2.18. The average molecular weight is 420 g/mol. The van der Waals surface area contributed by atoms with E-state index in [0.717, 1.165) is 0 Å². The Hall–Kier alpha value is -3.54. The molecule has 0 fully saturated rings. The second kappa shape index (κ2) is 9.08. The van der Waals surface area contributed by atoms with Crippen LogP contribution in [0.15, 0.2) is 53.8 Å². The van der Waals surface area contributed by atoms with E-state index in [1.165, 1.54) is 22.9 Å². The van der Waals surface area contributed by atoms with Crippen molar-refractivity contribution in [3.8, 4) is 22.8 Å². The smallest absolute Gasteiger partial charge is 0.269 e. The van der Waals surface area contributed by atoms with E-state index in [1.54, 1.807) is 39.1 Å². The number of ether oxygens (including phenoxy) is 1. The van der Waals surface area contributed by atoms with Crippen LogP contribution in [0, 0.1) is 19.7 Å². The van der Waals surface area contributed by atoms with E-state index >= 15 is 0 Å². The van der Waals surface area contributed by atoms with Gasteiger partial charge < -0.3 is 4.74 Å². The lowest BCUT2D eigenvalue weighted by atomic mass is 9.97. The van der Waals surface area contributed by atoms with Crippen LogP contribution in [-0.4, -0.2) is 15.6 Å². The summed E-state index contributed by atoms with van der Waals surface area (Å²) in [4.78, 5) is 24.5. The molecule has 0 unspecified atom stereocenters. The van der Waals surface area contributed by atoms with Gasteiger partial charge in [-0.05, 0) is 67.3 Å². The second-order valence-electron chi connectivity index (χ2n) is 7.45. The number of aromatic nitrogens is 2. The Morgan fingerprint density at radius 3 is 2.48 bits per heavy atom. The van der Waals surface area contributed by atoms with Crippen molar-refractivity contribution in [1.82, 2.24) is 9.78 Å². The SMILES string of the molecule is C=CC(=O)Cc1cccc(Oc2c(C)cc(F)cc2C)c1-c1cc(CC)c(=O)n(C)n1. The van der Waals surface area contributed by atoms with Crippen molar-refractivity contribution in [3.63, 3.8) is 0 Å². The maximum absolute atomic E-state index is 13.8. The molecule has 1 heterocycles. The summed E-state index contributed by atoms with van der Waals surface area (Å²) in [5.41, 5.74) is 3.59. The topological polar surface area (TPSA) is 61.2 Å². The van der Waals surface area contributed by atoms with Crippen LogP contribution in [0.4, 0.5) is 4.39 Å². The number of allylic oxidation sites excluding steroid dienone is 1. The first-order valence-electron chi connectivity index (χ1n) is 10.0. The van der Waals surface area contributed by atoms with E-state index in [4.69, 9.17) is 4.74 Å². The summed E-state index contributed by atoms with van der Waals surface area (Å²) in [6.45, 7) is 9.00. The van der Waals surface area contributed by atoms with Crippen LogP contribution in [0.5, 0.6) is 11.5 Å². The number of hydrogen-bond donors (Lipinski definition) is 0. The van der Waals surface area contributed by atoms with Gasteiger partial charge in [0.25, 0.3) is 5.56 Å². The molecule has 0 N–H and O–H groups in total. The molecule has 3 aromatic rings. The van der Waals surface area contributed by atoms with Crippen LogP contribution in [-0.2, 0) is 24.7 Å². The molecule has 0 atom stereocenters. The first kappa shape index (κ1) is 22.2. The van der Waals surface area contributed by atoms with Crippen LogP contribution >= 0.6 is 0 Å². The van der Waals surface area contributed by atoms with Crippen molar-refractivity contribution in [2.45, 2.75) is 33.6 Å². The molecule has 0 aliphatic carbocycles. The third-order valence-corrected chi connectivity index (χ3v) is 5.12. The van der Waals surface area contributed by atoms with Gasteiger partial charge in [-0.3, -0.25) is 9.59 Å². The highest BCUT2D eigenvalue weighted by Crippen LogP contribution is 2.38. The molecule has 0 spiro atoms. The number of aryl methyl sites for hydroxylation is 4. The molecule has 0 saturated heterocycles. The van der Waals surface area contributed by atoms with Crippen molar-refractivity contribution in [2.24, 2.45) is 7.05 Å². The average Bonchev–Trinajstić information content (AvgIpc) is 2.72. The van der Waals surface area contributed by atoms with E-state index in [9.17, 15) is 14.0 Å². The summed E-state index contributed by atoms with van der Waals surface area (Å²) < 4.78 is 21.3. The minimum absolute atomic E-state index is 0.114. The minimum Gasteiger partial charge on any atom is -0.456 e. The third kappa shape index (κ3) is 4.63. The van der Waals surface area contributed by atoms with Crippen molar-refractivity contribution in [3.05, 3.63) is 87.5 Å². The van der Waals surface area contributed by atoms with Gasteiger partial charge in [0.2, 0.25) is 0 Å². The molecule has 0 aliphatic rings. The molecular weight excluding hydrogens is 395 g/mol. The Morgan fingerprint density at radius 2 is 1.87 bits per heavy atom. The number of benzene rings is 2. The van der Waals surface area contributed by atoms with Crippen LogP contribution in [0.1, 0.15) is 29.2 Å². The number of nitrogens with zero attached hydrogens (tertiary/aromatic N) is 2. The first-order chi connectivity index (χ1) is 14.7. The number of ketones is 1. The zero-order chi connectivity index (χ0) is 22.7. The standard InChI is InChI=1S/C25H25FN2O3/c1-6-17-14-21(27-28(5)25(17)30)23-18(13-20(29)7-2)9-8-10-22(23)31-24-15(3)11-19(26)12-16(24)4/h7-12,14H,2,6,13H2,1,3-5H3. The monoisotopic (exact) mass is 420 g/mol. The lowest BCUT2D eigenvalue weighted by molar-refractivity contribution is -0.114. The molecular formula is C25H25FN2O3. The maximum atomic E-state index is 13.8. The largest absolute Gasteiger partial charge is 0.456 e. The molecule has 0 radical (unpaired) electrons. The van der Waals surface area contributed by atoms with E-state index in [0.29, 0.717) is 51.4 Å². The first-order valence-corrected chi connectivity index (χ1v) is 10.0. The Kier molecular flexibility index (Phi) is 6.49. The predicted octanol–water partition coefficient (Wildman–Crippen LogP) is 4.86. The van der Waals surface area contributed by atoms with E-state index in [-0.39, 0.29) is 23.6 Å². The number of halogens is 1. The van der Waals surface area contributed by atoms with Crippen molar-refractivity contribution in [2.75, 3.05) is 0 Å². The highest BCUT2D eigenvalue weighted by Gasteiger charge is 2.19. The van der Waals surface area contributed by atoms with Crippen molar-refractivity contribution in [1.29, 1.82) is 0 Å². The summed E-state index contributed by atoms with van der Waals surface area (Å²) in [5.74, 6) is 0.532. The van der Waals surface area contributed by atoms with Gasteiger partial charge in [-0.1, -0.05) is 25.6 Å². The highest BCUT2D eigenvalue weighted by atomic mass is 19.1. The zero-order valence-electron chi connectivity index (χ0n) is 18.2. The summed E-state index contributed by atoms with van der Waals surface area (Å²) in [6, 6.07) is 9.95. The molecule has 2 aromatic carbocycles. The summed E-state index contributed by atoms with van der Waals surface area (Å²) in [6.07, 6.45) is 1.93. The summed E-state index contributed by atoms with van der Waals surface area (Å²) in [5, 5.41) is 4.43. The molecule has 0 saturated carbocycles. The number of rotatable bonds is 7. The van der Waals surface area contributed by atoms with Crippen LogP contribution < -0.4 is 10.3 Å². The fourth-order valence-electron chi connectivity index (χ4n) is 3.57. The molecule has 3 rings (SSSR count). The van der Waals surface area contributed by atoms with E-state index in [1.807, 2.05) is 13.0 Å². The van der Waals surface area contributed by atoms with Crippen molar-refractivity contribution < 1.29 is 13.9 Å². The Balaban J connectivity index is 2.25. The normalized spacial score (nSPS) is 10.7. The molecule has 0 aliphatic heterocycles. The number of carbonyl (C=O) groups is 1. The summed E-state index contributed by atoms with van der Waals surface area (Å²) in [7, 11) is 1.59. The molecule has 0 amide bonds. The number of hydrogen-bond acceptors (Lipinski definition) is 4. The molecule has 160 valence electrons. The Bertz CT molecular complexity index is 1200. The molecule has 0 bridgehead atoms. The Morgan fingerprint density at radius 1 is 1.19 bits per heavy atom. The third-order valence-electron chi connectivity index (χ3n) is 5.12. The maximum Gasteiger partial charge on any atom is 0.269 e. The Labute approximate surface area is 180 Å². The quantitative estimate of drug-likeness (QED) is 0.513. The molecule has 6 heteroatoms. The molecule has 1 aromatic heterocycles. The van der Waals surface area contributed by atoms with Gasteiger partial charge in [-0.15, -0.1) is 0 Å². The minimum atomic E-state index is -0.333. The van der Waals surface area contributed by atoms with Crippen LogP contribution in [0.2, 0.25) is 0 Å². The van der Waals surface area contributed by atoms with Gasteiger partial charge in [-0.2, -0.15) is 5.10 Å². The number of carbonyl (C=O) groups excluding carboxylic acids is 1. The predicted molar refractivity (Wildman–Crippen MR) is 119 cm³/mol. The fourth-order valence-corrected chi connectivity index (χ4v) is 3.57. The van der Waals surface area contributed by atoms with Gasteiger partial charge in [0.15, 0.2) is 5.78 Å². The highest BCUT2D eigenvalue weighted by molar-refractivity contribution is 5.92. The van der Waals surface area contributed by atoms with E-state index < -0.39 is 0 Å². The van der Waals surface area contributed by atoms with Gasteiger partial charge in [0.05, 0.1) is 5.69 Å². The van der Waals surface area contributed by atoms with Crippen LogP contribution in [0.25, 0.3) is 11.3 Å². The lowest BCUT2D eigenvalue weighted by Crippen LogP contribution is -2.23. The molecule has 31 heavy (non-hydrogen) atoms. The van der Waals surface area contributed by atoms with Gasteiger partial charge >= 0.3 is 0 Å². The van der Waals surface area contributed by atoms with Gasteiger partial charge in [0, 0.05) is 24.6 Å². The van der Waals surface area contributed by atoms with Gasteiger partial charge in [0.1, 0.15) is 17.3 Å². The summed E-state index contributed by atoms with van der Waals surface area (Å²) >= 11 is 0. The van der Waals surface area contributed by atoms with Crippen molar-refractivity contribution >= 4 is 5.78 Å². The fraction of sp³-hybridized carbons (Fsp3) is 0.240. The van der Waals surface area contributed by atoms with E-state index in [2.05, 4.69) is 11.7 Å². The van der Waals surface area contributed by atoms with Crippen LogP contribution in [0.3, 0.4) is 0 Å². The second-order valence-corrected chi connectivity index (χ2v) is 7.45.